The Morgan fingerprint density at radius 1 is 1.55 bits per heavy atom. The van der Waals surface area contributed by atoms with Crippen LogP contribution in [0.25, 0.3) is 0 Å². The topological polar surface area (TPSA) is 51.4 Å². The third kappa shape index (κ3) is 3.27. The van der Waals surface area contributed by atoms with Gasteiger partial charge < -0.3 is 10.5 Å². The summed E-state index contributed by atoms with van der Waals surface area (Å²) >= 11 is 5.13. The second-order valence-corrected chi connectivity index (χ2v) is 5.99. The molecular weight excluding hydrogens is 270 g/mol. The molecule has 1 aromatic heterocycles. The zero-order valence-electron chi connectivity index (χ0n) is 12.5. The van der Waals surface area contributed by atoms with Gasteiger partial charge in [0.05, 0.1) is 17.8 Å². The summed E-state index contributed by atoms with van der Waals surface area (Å²) in [5, 5.41) is 0. The van der Waals surface area contributed by atoms with Gasteiger partial charge in [0.1, 0.15) is 5.75 Å². The first kappa shape index (κ1) is 15.2. The highest BCUT2D eigenvalue weighted by Crippen LogP contribution is 2.26. The van der Waals surface area contributed by atoms with E-state index >= 15 is 0 Å². The van der Waals surface area contributed by atoms with Crippen molar-refractivity contribution in [2.75, 3.05) is 20.2 Å². The van der Waals surface area contributed by atoms with Gasteiger partial charge in [-0.15, -0.1) is 0 Å². The van der Waals surface area contributed by atoms with Crippen LogP contribution in [0.3, 0.4) is 0 Å². The van der Waals surface area contributed by atoms with E-state index in [9.17, 15) is 0 Å². The average molecular weight is 293 g/mol. The molecule has 1 fully saturated rings. The molecule has 0 aromatic carbocycles. The van der Waals surface area contributed by atoms with Crippen LogP contribution in [0.2, 0.25) is 0 Å². The van der Waals surface area contributed by atoms with Crippen molar-refractivity contribution in [2.24, 2.45) is 11.7 Å². The number of pyridine rings is 1. The van der Waals surface area contributed by atoms with Gasteiger partial charge in [-0.2, -0.15) is 0 Å². The minimum atomic E-state index is 0.339. The number of methoxy groups -OCH3 is 1. The molecule has 2 heterocycles. The van der Waals surface area contributed by atoms with E-state index in [1.54, 1.807) is 7.11 Å². The number of ether oxygens (including phenoxy) is 1. The quantitative estimate of drug-likeness (QED) is 0.863. The Labute approximate surface area is 126 Å². The van der Waals surface area contributed by atoms with Crippen LogP contribution < -0.4 is 10.5 Å². The number of thiocarbonyl (C=S) groups is 1. The molecule has 1 atom stereocenters. The molecule has 2 rings (SSSR count). The van der Waals surface area contributed by atoms with Gasteiger partial charge in [0.2, 0.25) is 0 Å². The van der Waals surface area contributed by atoms with E-state index in [-0.39, 0.29) is 0 Å². The molecule has 5 heteroatoms. The normalized spacial score (nSPS) is 19.9. The average Bonchev–Trinajstić information content (AvgIpc) is 2.43. The standard InChI is InChI=1S/C15H23N3OS/c1-10-7-17-13(11(2)14(10)19-3)9-18-6-4-5-12(8-18)15(16)20/h7,12H,4-6,8-9H2,1-3H3,(H2,16,20). The summed E-state index contributed by atoms with van der Waals surface area (Å²) < 4.78 is 5.47. The van der Waals surface area contributed by atoms with Gasteiger partial charge in [0.15, 0.2) is 0 Å². The number of hydrogen-bond acceptors (Lipinski definition) is 4. The largest absolute Gasteiger partial charge is 0.496 e. The van der Waals surface area contributed by atoms with Crippen LogP contribution in [0, 0.1) is 19.8 Å². The summed E-state index contributed by atoms with van der Waals surface area (Å²) in [4.78, 5) is 7.59. The number of nitrogens with zero attached hydrogens (tertiary/aromatic N) is 2. The Kier molecular flexibility index (Phi) is 4.94. The summed E-state index contributed by atoms with van der Waals surface area (Å²) in [6.07, 6.45) is 4.13. The lowest BCUT2D eigenvalue weighted by molar-refractivity contribution is 0.194. The van der Waals surface area contributed by atoms with Gasteiger partial charge in [0.25, 0.3) is 0 Å². The number of rotatable bonds is 4. The first-order valence-corrected chi connectivity index (χ1v) is 7.44. The number of hydrogen-bond donors (Lipinski definition) is 1. The molecular formula is C15H23N3OS. The molecule has 0 radical (unpaired) electrons. The van der Waals surface area contributed by atoms with E-state index in [1.807, 2.05) is 13.1 Å². The molecule has 0 saturated carbocycles. The van der Waals surface area contributed by atoms with Crippen LogP contribution in [0.5, 0.6) is 5.75 Å². The van der Waals surface area contributed by atoms with Crippen LogP contribution in [0.4, 0.5) is 0 Å². The molecule has 1 aliphatic heterocycles. The lowest BCUT2D eigenvalue weighted by Gasteiger charge is -2.32. The number of likely N-dealkylation sites (tertiary alicyclic amines) is 1. The first-order valence-electron chi connectivity index (χ1n) is 7.03. The van der Waals surface area contributed by atoms with Gasteiger partial charge in [-0.3, -0.25) is 9.88 Å². The molecule has 1 unspecified atom stereocenters. The van der Waals surface area contributed by atoms with Crippen molar-refractivity contribution in [3.63, 3.8) is 0 Å². The lowest BCUT2D eigenvalue weighted by atomic mass is 9.97. The maximum atomic E-state index is 5.79. The molecule has 0 amide bonds. The van der Waals surface area contributed by atoms with Gasteiger partial charge in [-0.05, 0) is 33.2 Å². The summed E-state index contributed by atoms with van der Waals surface area (Å²) in [5.74, 6) is 1.28. The first-order chi connectivity index (χ1) is 9.52. The maximum absolute atomic E-state index is 5.79. The van der Waals surface area contributed by atoms with E-state index in [2.05, 4.69) is 16.8 Å². The zero-order valence-corrected chi connectivity index (χ0v) is 13.3. The van der Waals surface area contributed by atoms with Gasteiger partial charge in [-0.1, -0.05) is 12.2 Å². The third-order valence-corrected chi connectivity index (χ3v) is 4.36. The minimum absolute atomic E-state index is 0.339. The van der Waals surface area contributed by atoms with Gasteiger partial charge in [-0.25, -0.2) is 0 Å². The Hall–Kier alpha value is -1.20. The van der Waals surface area contributed by atoms with Crippen molar-refractivity contribution in [1.82, 2.24) is 9.88 Å². The number of aromatic nitrogens is 1. The van der Waals surface area contributed by atoms with Crippen LogP contribution in [-0.2, 0) is 6.54 Å². The molecule has 1 saturated heterocycles. The molecule has 1 aromatic rings. The number of piperidine rings is 1. The van der Waals surface area contributed by atoms with E-state index in [1.165, 1.54) is 0 Å². The highest BCUT2D eigenvalue weighted by molar-refractivity contribution is 7.80. The molecule has 0 bridgehead atoms. The highest BCUT2D eigenvalue weighted by atomic mass is 32.1. The Balaban J connectivity index is 2.12. The van der Waals surface area contributed by atoms with Crippen LogP contribution in [0.1, 0.15) is 29.7 Å². The van der Waals surface area contributed by atoms with Crippen molar-refractivity contribution in [3.05, 3.63) is 23.0 Å². The molecule has 20 heavy (non-hydrogen) atoms. The van der Waals surface area contributed by atoms with E-state index < -0.39 is 0 Å². The summed E-state index contributed by atoms with van der Waals surface area (Å²) in [5.41, 5.74) is 9.07. The second-order valence-electron chi connectivity index (χ2n) is 5.52. The van der Waals surface area contributed by atoms with Crippen molar-refractivity contribution in [3.8, 4) is 5.75 Å². The fourth-order valence-corrected chi connectivity index (χ4v) is 3.07. The molecule has 0 aliphatic carbocycles. The molecule has 110 valence electrons. The maximum Gasteiger partial charge on any atom is 0.128 e. The predicted molar refractivity (Wildman–Crippen MR) is 85.0 cm³/mol. The van der Waals surface area contributed by atoms with Crippen LogP contribution in [-0.4, -0.2) is 35.1 Å². The fraction of sp³-hybridized carbons (Fsp3) is 0.600. The monoisotopic (exact) mass is 293 g/mol. The van der Waals surface area contributed by atoms with Crippen molar-refractivity contribution in [1.29, 1.82) is 0 Å². The summed E-state index contributed by atoms with van der Waals surface area (Å²) in [6.45, 7) is 6.94. The molecule has 1 aliphatic rings. The Morgan fingerprint density at radius 2 is 2.30 bits per heavy atom. The summed E-state index contributed by atoms with van der Waals surface area (Å²) in [7, 11) is 1.71. The minimum Gasteiger partial charge on any atom is -0.496 e. The smallest absolute Gasteiger partial charge is 0.128 e. The van der Waals surface area contributed by atoms with E-state index in [4.69, 9.17) is 22.7 Å². The predicted octanol–water partition coefficient (Wildman–Crippen LogP) is 2.21. The molecule has 0 spiro atoms. The van der Waals surface area contributed by atoms with Gasteiger partial charge in [0, 0.05) is 36.3 Å². The zero-order chi connectivity index (χ0) is 14.7. The van der Waals surface area contributed by atoms with Crippen molar-refractivity contribution >= 4 is 17.2 Å². The van der Waals surface area contributed by atoms with E-state index in [0.717, 1.165) is 55.0 Å². The Bertz CT molecular complexity index is 504. The van der Waals surface area contributed by atoms with Crippen LogP contribution >= 0.6 is 12.2 Å². The fourth-order valence-electron chi connectivity index (χ4n) is 2.87. The van der Waals surface area contributed by atoms with Crippen molar-refractivity contribution < 1.29 is 4.74 Å². The second kappa shape index (κ2) is 6.50. The number of aryl methyl sites for hydroxylation is 1. The highest BCUT2D eigenvalue weighted by Gasteiger charge is 2.23. The van der Waals surface area contributed by atoms with Crippen molar-refractivity contribution in [2.45, 2.75) is 33.2 Å². The molecule has 4 nitrogen and oxygen atoms in total. The van der Waals surface area contributed by atoms with Crippen LogP contribution in [0.15, 0.2) is 6.20 Å². The SMILES string of the molecule is COc1c(C)cnc(CN2CCCC(C(N)=S)C2)c1C. The molecule has 2 N–H and O–H groups in total. The van der Waals surface area contributed by atoms with Gasteiger partial charge >= 0.3 is 0 Å². The summed E-state index contributed by atoms with van der Waals surface area (Å²) in [6, 6.07) is 0. The third-order valence-electron chi connectivity index (χ3n) is 4.03. The Morgan fingerprint density at radius 3 is 2.95 bits per heavy atom. The number of nitrogens with two attached hydrogens (primary N) is 1. The lowest BCUT2D eigenvalue weighted by Crippen LogP contribution is -2.40. The van der Waals surface area contributed by atoms with E-state index in [0.29, 0.717) is 10.9 Å².